The number of benzene rings is 3. The quantitative estimate of drug-likeness (QED) is 0.317. The number of sulfonamides is 1. The van der Waals surface area contributed by atoms with Crippen molar-refractivity contribution in [3.63, 3.8) is 0 Å². The average molecular weight is 566 g/mol. The van der Waals surface area contributed by atoms with Crippen molar-refractivity contribution in [3.8, 4) is 5.75 Å². The van der Waals surface area contributed by atoms with Gasteiger partial charge in [0.05, 0.1) is 17.7 Å². The molecule has 8 nitrogen and oxygen atoms in total. The van der Waals surface area contributed by atoms with E-state index in [-0.39, 0.29) is 29.1 Å². The van der Waals surface area contributed by atoms with E-state index in [9.17, 15) is 18.0 Å². The fraction of sp³-hybridized carbons (Fsp3) is 0.355. The lowest BCUT2D eigenvalue weighted by atomic mass is 10.1. The molecule has 0 spiro atoms. The Morgan fingerprint density at radius 3 is 2.12 bits per heavy atom. The number of methoxy groups -OCH3 is 1. The van der Waals surface area contributed by atoms with E-state index in [1.54, 1.807) is 36.4 Å². The minimum absolute atomic E-state index is 0.0490. The Morgan fingerprint density at radius 1 is 0.900 bits per heavy atom. The summed E-state index contributed by atoms with van der Waals surface area (Å²) in [7, 11) is -2.73. The number of carbonyl (C=O) groups excluding carboxylic acids is 2. The van der Waals surface area contributed by atoms with Crippen molar-refractivity contribution in [3.05, 3.63) is 90.0 Å². The van der Waals surface area contributed by atoms with Gasteiger partial charge in [0.1, 0.15) is 18.3 Å². The molecule has 1 N–H and O–H groups in total. The molecule has 0 saturated carbocycles. The Kier molecular flexibility index (Phi) is 10.7. The van der Waals surface area contributed by atoms with E-state index in [1.165, 1.54) is 24.1 Å². The smallest absolute Gasteiger partial charge is 0.264 e. The van der Waals surface area contributed by atoms with E-state index in [0.717, 1.165) is 21.9 Å². The van der Waals surface area contributed by atoms with Crippen LogP contribution in [0.4, 0.5) is 5.69 Å². The van der Waals surface area contributed by atoms with Crippen molar-refractivity contribution in [2.24, 2.45) is 0 Å². The number of rotatable bonds is 13. The third-order valence-electron chi connectivity index (χ3n) is 6.82. The van der Waals surface area contributed by atoms with Gasteiger partial charge in [-0.05, 0) is 56.5 Å². The molecule has 3 aromatic rings. The van der Waals surface area contributed by atoms with Crippen molar-refractivity contribution in [2.45, 2.75) is 64.1 Å². The number of amides is 2. The highest BCUT2D eigenvalue weighted by Crippen LogP contribution is 2.32. The van der Waals surface area contributed by atoms with E-state index in [2.05, 4.69) is 5.32 Å². The van der Waals surface area contributed by atoms with Crippen LogP contribution in [0.1, 0.15) is 44.7 Å². The van der Waals surface area contributed by atoms with Crippen LogP contribution in [0.3, 0.4) is 0 Å². The number of carbonyl (C=O) groups is 2. The van der Waals surface area contributed by atoms with Crippen molar-refractivity contribution in [2.75, 3.05) is 18.0 Å². The molecular formula is C31H39N3O5S. The van der Waals surface area contributed by atoms with Gasteiger partial charge in [0.2, 0.25) is 11.8 Å². The maximum absolute atomic E-state index is 14.1. The largest absolute Gasteiger partial charge is 0.495 e. The monoisotopic (exact) mass is 565 g/mol. The summed E-state index contributed by atoms with van der Waals surface area (Å²) >= 11 is 0. The number of anilines is 1. The molecule has 3 rings (SSSR count). The Hall–Kier alpha value is -3.85. The minimum atomic E-state index is -4.18. The molecule has 2 amide bonds. The first kappa shape index (κ1) is 30.7. The Bertz CT molecular complexity index is 1380. The highest BCUT2D eigenvalue weighted by Gasteiger charge is 2.34. The number of para-hydroxylation sites is 2. The molecular weight excluding hydrogens is 526 g/mol. The molecule has 0 aliphatic heterocycles. The van der Waals surface area contributed by atoms with Crippen molar-refractivity contribution in [1.29, 1.82) is 0 Å². The minimum Gasteiger partial charge on any atom is -0.495 e. The molecule has 0 unspecified atom stereocenters. The van der Waals surface area contributed by atoms with E-state index < -0.39 is 28.5 Å². The summed E-state index contributed by atoms with van der Waals surface area (Å²) < 4.78 is 34.6. The molecule has 214 valence electrons. The summed E-state index contributed by atoms with van der Waals surface area (Å²) in [6, 6.07) is 21.6. The summed E-state index contributed by atoms with van der Waals surface area (Å²) in [6.45, 7) is 7.22. The molecule has 2 atom stereocenters. The van der Waals surface area contributed by atoms with Crippen LogP contribution in [0.25, 0.3) is 0 Å². The molecule has 0 radical (unpaired) electrons. The van der Waals surface area contributed by atoms with Crippen LogP contribution < -0.4 is 14.4 Å². The average Bonchev–Trinajstić information content (AvgIpc) is 2.96. The Balaban J connectivity index is 2.08. The zero-order valence-electron chi connectivity index (χ0n) is 23.8. The van der Waals surface area contributed by atoms with Crippen LogP contribution in [0, 0.1) is 6.92 Å². The normalized spacial score (nSPS) is 12.7. The van der Waals surface area contributed by atoms with Crippen LogP contribution in [0.2, 0.25) is 0 Å². The topological polar surface area (TPSA) is 96.0 Å². The van der Waals surface area contributed by atoms with E-state index in [4.69, 9.17) is 4.74 Å². The predicted molar refractivity (Wildman–Crippen MR) is 158 cm³/mol. The summed E-state index contributed by atoms with van der Waals surface area (Å²) in [6.07, 6.45) is 1.10. The van der Waals surface area contributed by atoms with E-state index in [1.807, 2.05) is 58.0 Å². The number of aryl methyl sites for hydroxylation is 1. The van der Waals surface area contributed by atoms with Gasteiger partial charge >= 0.3 is 0 Å². The lowest BCUT2D eigenvalue weighted by molar-refractivity contribution is -0.140. The van der Waals surface area contributed by atoms with Crippen LogP contribution in [-0.4, -0.2) is 50.9 Å². The lowest BCUT2D eigenvalue weighted by Crippen LogP contribution is -2.53. The maximum Gasteiger partial charge on any atom is 0.264 e. The molecule has 0 heterocycles. The molecule has 40 heavy (non-hydrogen) atoms. The molecule has 0 aliphatic carbocycles. The number of nitrogens with zero attached hydrogens (tertiary/aromatic N) is 2. The van der Waals surface area contributed by atoms with Gasteiger partial charge < -0.3 is 15.0 Å². The molecule has 0 aromatic heterocycles. The van der Waals surface area contributed by atoms with Crippen LogP contribution >= 0.6 is 0 Å². The summed E-state index contributed by atoms with van der Waals surface area (Å²) in [5.74, 6) is -0.467. The molecule has 0 fully saturated rings. The van der Waals surface area contributed by atoms with E-state index in [0.29, 0.717) is 12.2 Å². The first-order valence-electron chi connectivity index (χ1n) is 13.5. The predicted octanol–water partition coefficient (Wildman–Crippen LogP) is 4.92. The molecule has 0 bridgehead atoms. The third kappa shape index (κ3) is 7.41. The Labute approximate surface area is 238 Å². The second-order valence-electron chi connectivity index (χ2n) is 9.75. The summed E-state index contributed by atoms with van der Waals surface area (Å²) in [4.78, 5) is 29.0. The fourth-order valence-electron chi connectivity index (χ4n) is 4.33. The SMILES string of the molecule is CC[C@H](C)NC(=O)[C@H](CC)N(Cc1ccccc1)C(=O)CN(c1ccccc1OC)S(=O)(=O)c1ccc(C)cc1. The number of hydrogen-bond donors (Lipinski definition) is 1. The first-order chi connectivity index (χ1) is 19.1. The summed E-state index contributed by atoms with van der Waals surface area (Å²) in [5.41, 5.74) is 1.97. The lowest BCUT2D eigenvalue weighted by Gasteiger charge is -2.34. The van der Waals surface area contributed by atoms with Crippen LogP contribution in [0.15, 0.2) is 83.8 Å². The highest BCUT2D eigenvalue weighted by atomic mass is 32.2. The van der Waals surface area contributed by atoms with Crippen molar-refractivity contribution < 1.29 is 22.7 Å². The Morgan fingerprint density at radius 2 is 1.52 bits per heavy atom. The number of hydrogen-bond acceptors (Lipinski definition) is 5. The van der Waals surface area contributed by atoms with Gasteiger partial charge in [-0.25, -0.2) is 8.42 Å². The van der Waals surface area contributed by atoms with Gasteiger partial charge in [0.15, 0.2) is 0 Å². The van der Waals surface area contributed by atoms with Gasteiger partial charge in [-0.2, -0.15) is 0 Å². The van der Waals surface area contributed by atoms with Gasteiger partial charge in [0, 0.05) is 12.6 Å². The number of ether oxygens (including phenoxy) is 1. The standard InChI is InChI=1S/C31H39N3O5S/c1-6-24(4)32-31(36)27(7-2)33(21-25-13-9-8-10-14-25)30(35)22-34(28-15-11-12-16-29(28)39-5)40(37,38)26-19-17-23(3)18-20-26/h8-20,24,27H,6-7,21-22H2,1-5H3,(H,32,36)/t24-,27-/m0/s1. The van der Waals surface area contributed by atoms with E-state index >= 15 is 0 Å². The first-order valence-corrected chi connectivity index (χ1v) is 14.9. The zero-order chi connectivity index (χ0) is 29.3. The molecule has 3 aromatic carbocycles. The van der Waals surface area contributed by atoms with Gasteiger partial charge in [-0.1, -0.05) is 74.0 Å². The van der Waals surface area contributed by atoms with Crippen molar-refractivity contribution in [1.82, 2.24) is 10.2 Å². The van der Waals surface area contributed by atoms with Gasteiger partial charge in [0.25, 0.3) is 10.0 Å². The maximum atomic E-state index is 14.1. The van der Waals surface area contributed by atoms with Crippen molar-refractivity contribution >= 4 is 27.5 Å². The molecule has 9 heteroatoms. The summed E-state index contributed by atoms with van der Waals surface area (Å²) in [5, 5.41) is 2.98. The highest BCUT2D eigenvalue weighted by molar-refractivity contribution is 7.92. The molecule has 0 aliphatic rings. The second-order valence-corrected chi connectivity index (χ2v) is 11.6. The fourth-order valence-corrected chi connectivity index (χ4v) is 5.75. The van der Waals surface area contributed by atoms with Gasteiger partial charge in [-0.3, -0.25) is 13.9 Å². The second kappa shape index (κ2) is 14.0. The van der Waals surface area contributed by atoms with Gasteiger partial charge in [-0.15, -0.1) is 0 Å². The van der Waals surface area contributed by atoms with Crippen LogP contribution in [0.5, 0.6) is 5.75 Å². The third-order valence-corrected chi connectivity index (χ3v) is 8.60. The molecule has 0 saturated heterocycles. The van der Waals surface area contributed by atoms with Crippen LogP contribution in [-0.2, 0) is 26.2 Å². The zero-order valence-corrected chi connectivity index (χ0v) is 24.6. The number of nitrogens with one attached hydrogen (secondary N) is 1.